The average molecular weight is 417 g/mol. The second-order valence-electron chi connectivity index (χ2n) is 6.67. The van der Waals surface area contributed by atoms with E-state index in [4.69, 9.17) is 4.74 Å². The van der Waals surface area contributed by atoms with Crippen LogP contribution in [-0.4, -0.2) is 32.5 Å². The molecule has 2 heterocycles. The molecule has 4 aromatic rings. The Balaban J connectivity index is 1.61. The number of rotatable bonds is 7. The molecular formula is C23H20FN5O2. The molecule has 0 atom stereocenters. The van der Waals surface area contributed by atoms with Crippen molar-refractivity contribution < 1.29 is 13.9 Å². The van der Waals surface area contributed by atoms with Gasteiger partial charge in [0.05, 0.1) is 12.3 Å². The van der Waals surface area contributed by atoms with Crippen LogP contribution < -0.4 is 10.1 Å². The quantitative estimate of drug-likeness (QED) is 0.495. The number of hydrogen-bond donors (Lipinski definition) is 1. The van der Waals surface area contributed by atoms with Crippen molar-refractivity contribution in [3.8, 4) is 22.7 Å². The summed E-state index contributed by atoms with van der Waals surface area (Å²) in [7, 11) is 0. The molecule has 0 radical (unpaired) electrons. The Kier molecular flexibility index (Phi) is 5.98. The normalized spacial score (nSPS) is 10.6. The summed E-state index contributed by atoms with van der Waals surface area (Å²) < 4.78 is 20.3. The molecule has 156 valence electrons. The summed E-state index contributed by atoms with van der Waals surface area (Å²) in [5.74, 6) is 0.0523. The first kappa shape index (κ1) is 20.2. The van der Waals surface area contributed by atoms with Crippen molar-refractivity contribution in [2.45, 2.75) is 13.5 Å². The molecule has 4 rings (SSSR count). The van der Waals surface area contributed by atoms with E-state index in [1.165, 1.54) is 16.8 Å². The predicted molar refractivity (Wildman–Crippen MR) is 113 cm³/mol. The molecule has 0 bridgehead atoms. The molecule has 1 amide bonds. The predicted octanol–water partition coefficient (Wildman–Crippen LogP) is 3.80. The monoisotopic (exact) mass is 417 g/mol. The van der Waals surface area contributed by atoms with Crippen LogP contribution >= 0.6 is 0 Å². The van der Waals surface area contributed by atoms with Gasteiger partial charge in [0.1, 0.15) is 17.3 Å². The van der Waals surface area contributed by atoms with Crippen LogP contribution in [0.2, 0.25) is 0 Å². The third kappa shape index (κ3) is 4.58. The zero-order chi connectivity index (χ0) is 21.6. The number of hydrogen-bond acceptors (Lipinski definition) is 5. The number of halogens is 1. The van der Waals surface area contributed by atoms with Gasteiger partial charge in [0.15, 0.2) is 5.69 Å². The topological polar surface area (TPSA) is 81.9 Å². The van der Waals surface area contributed by atoms with Crippen LogP contribution in [0.15, 0.2) is 73.1 Å². The fourth-order valence-electron chi connectivity index (χ4n) is 3.10. The van der Waals surface area contributed by atoms with Crippen molar-refractivity contribution in [2.75, 3.05) is 6.61 Å². The lowest BCUT2D eigenvalue weighted by Gasteiger charge is -2.09. The van der Waals surface area contributed by atoms with Gasteiger partial charge in [-0.2, -0.15) is 0 Å². The highest BCUT2D eigenvalue weighted by Gasteiger charge is 2.22. The van der Waals surface area contributed by atoms with Crippen molar-refractivity contribution in [1.29, 1.82) is 0 Å². The molecule has 2 aromatic carbocycles. The average Bonchev–Trinajstić information content (AvgIpc) is 3.25. The molecular weight excluding hydrogens is 397 g/mol. The molecule has 0 fully saturated rings. The Morgan fingerprint density at radius 3 is 2.42 bits per heavy atom. The lowest BCUT2D eigenvalue weighted by molar-refractivity contribution is 0.0946. The Morgan fingerprint density at radius 1 is 1.03 bits per heavy atom. The Labute approximate surface area is 178 Å². The van der Waals surface area contributed by atoms with Crippen molar-refractivity contribution in [3.05, 3.63) is 90.1 Å². The number of carbonyl (C=O) groups excluding carboxylic acids is 1. The number of ether oxygens (including phenoxy) is 1. The van der Waals surface area contributed by atoms with Gasteiger partial charge in [-0.1, -0.05) is 17.3 Å². The molecule has 0 aliphatic carbocycles. The SMILES string of the molecule is CCOc1ccc(CNC(=O)c2nnn(-c3ccc(F)cc3)c2-c2ccncc2)cc1. The van der Waals surface area contributed by atoms with Crippen LogP contribution in [-0.2, 0) is 6.54 Å². The molecule has 8 heteroatoms. The van der Waals surface area contributed by atoms with Crippen molar-refractivity contribution in [1.82, 2.24) is 25.3 Å². The fourth-order valence-corrected chi connectivity index (χ4v) is 3.10. The summed E-state index contributed by atoms with van der Waals surface area (Å²) in [6.07, 6.45) is 3.25. The maximum absolute atomic E-state index is 13.4. The molecule has 31 heavy (non-hydrogen) atoms. The van der Waals surface area contributed by atoms with Gasteiger partial charge in [0, 0.05) is 24.5 Å². The summed E-state index contributed by atoms with van der Waals surface area (Å²) in [4.78, 5) is 17.0. The zero-order valence-corrected chi connectivity index (χ0v) is 16.8. The molecule has 2 aromatic heterocycles. The van der Waals surface area contributed by atoms with Crippen LogP contribution in [0.4, 0.5) is 4.39 Å². The van der Waals surface area contributed by atoms with E-state index in [-0.39, 0.29) is 17.4 Å². The van der Waals surface area contributed by atoms with E-state index in [1.807, 2.05) is 31.2 Å². The van der Waals surface area contributed by atoms with E-state index in [0.717, 1.165) is 16.9 Å². The molecule has 7 nitrogen and oxygen atoms in total. The third-order valence-electron chi connectivity index (χ3n) is 4.60. The zero-order valence-electron chi connectivity index (χ0n) is 16.8. The molecule has 0 aliphatic rings. The largest absolute Gasteiger partial charge is 0.494 e. The maximum Gasteiger partial charge on any atom is 0.274 e. The van der Waals surface area contributed by atoms with Crippen LogP contribution in [0.25, 0.3) is 16.9 Å². The number of aromatic nitrogens is 4. The Morgan fingerprint density at radius 2 is 1.74 bits per heavy atom. The van der Waals surface area contributed by atoms with E-state index in [9.17, 15) is 9.18 Å². The molecule has 1 N–H and O–H groups in total. The Hall–Kier alpha value is -4.07. The third-order valence-corrected chi connectivity index (χ3v) is 4.60. The van der Waals surface area contributed by atoms with Gasteiger partial charge < -0.3 is 10.1 Å². The van der Waals surface area contributed by atoms with Crippen LogP contribution in [0.5, 0.6) is 5.75 Å². The highest BCUT2D eigenvalue weighted by atomic mass is 19.1. The molecule has 0 unspecified atom stereocenters. The second kappa shape index (κ2) is 9.17. The van der Waals surface area contributed by atoms with Crippen molar-refractivity contribution in [2.24, 2.45) is 0 Å². The standard InChI is InChI=1S/C23H20FN5O2/c1-2-31-20-9-3-16(4-10-20)15-26-23(30)21-22(17-11-13-25-14-12-17)29(28-27-21)19-7-5-18(24)6-8-19/h3-14H,2,15H2,1H3,(H,26,30). The molecule has 0 saturated carbocycles. The summed E-state index contributed by atoms with van der Waals surface area (Å²) in [5, 5.41) is 11.1. The molecule has 0 saturated heterocycles. The fraction of sp³-hybridized carbons (Fsp3) is 0.130. The maximum atomic E-state index is 13.4. The van der Waals surface area contributed by atoms with Gasteiger partial charge >= 0.3 is 0 Å². The summed E-state index contributed by atoms with van der Waals surface area (Å²) in [5.41, 5.74) is 2.90. The number of benzene rings is 2. The second-order valence-corrected chi connectivity index (χ2v) is 6.67. The smallest absolute Gasteiger partial charge is 0.274 e. The van der Waals surface area contributed by atoms with Crippen molar-refractivity contribution in [3.63, 3.8) is 0 Å². The minimum Gasteiger partial charge on any atom is -0.494 e. The number of amides is 1. The minimum atomic E-state index is -0.367. The highest BCUT2D eigenvalue weighted by Crippen LogP contribution is 2.25. The number of nitrogens with one attached hydrogen (secondary N) is 1. The Bertz CT molecular complexity index is 1160. The van der Waals surface area contributed by atoms with Crippen LogP contribution in [0.1, 0.15) is 23.0 Å². The lowest BCUT2D eigenvalue weighted by Crippen LogP contribution is -2.24. The van der Waals surface area contributed by atoms with E-state index in [1.54, 1.807) is 36.7 Å². The lowest BCUT2D eigenvalue weighted by atomic mass is 10.1. The van der Waals surface area contributed by atoms with Gasteiger partial charge in [-0.3, -0.25) is 9.78 Å². The minimum absolute atomic E-state index is 0.168. The summed E-state index contributed by atoms with van der Waals surface area (Å²) in [6.45, 7) is 2.84. The van der Waals surface area contributed by atoms with Gasteiger partial charge in [-0.25, -0.2) is 9.07 Å². The van der Waals surface area contributed by atoms with E-state index in [0.29, 0.717) is 24.5 Å². The molecule has 0 aliphatic heterocycles. The van der Waals surface area contributed by atoms with Crippen LogP contribution in [0, 0.1) is 5.82 Å². The number of pyridine rings is 1. The summed E-state index contributed by atoms with van der Waals surface area (Å²) >= 11 is 0. The van der Waals surface area contributed by atoms with Gasteiger partial charge in [-0.15, -0.1) is 5.10 Å². The first-order chi connectivity index (χ1) is 15.2. The molecule has 0 spiro atoms. The van der Waals surface area contributed by atoms with Crippen molar-refractivity contribution >= 4 is 5.91 Å². The first-order valence-electron chi connectivity index (χ1n) is 9.77. The van der Waals surface area contributed by atoms with E-state index < -0.39 is 0 Å². The van der Waals surface area contributed by atoms with E-state index in [2.05, 4.69) is 20.6 Å². The van der Waals surface area contributed by atoms with E-state index >= 15 is 0 Å². The summed E-state index contributed by atoms with van der Waals surface area (Å²) in [6, 6.07) is 16.9. The first-order valence-corrected chi connectivity index (χ1v) is 9.77. The van der Waals surface area contributed by atoms with Gasteiger partial charge in [-0.05, 0) is 61.0 Å². The number of carbonyl (C=O) groups is 1. The van der Waals surface area contributed by atoms with Crippen LogP contribution in [0.3, 0.4) is 0 Å². The number of nitrogens with zero attached hydrogens (tertiary/aromatic N) is 4. The van der Waals surface area contributed by atoms with Gasteiger partial charge in [0.25, 0.3) is 5.91 Å². The van der Waals surface area contributed by atoms with Gasteiger partial charge in [0.2, 0.25) is 0 Å². The highest BCUT2D eigenvalue weighted by molar-refractivity contribution is 5.98.